The van der Waals surface area contributed by atoms with E-state index in [1.165, 1.54) is 18.5 Å². The van der Waals surface area contributed by atoms with Crippen molar-refractivity contribution in [2.45, 2.75) is 103 Å². The van der Waals surface area contributed by atoms with E-state index in [0.29, 0.717) is 98.5 Å². The van der Waals surface area contributed by atoms with E-state index in [2.05, 4.69) is 44.5 Å². The number of amides is 4. The largest absolute Gasteiger partial charge is 0.439 e. The molecule has 1 saturated carbocycles. The number of anilines is 3. The first-order chi connectivity index (χ1) is 34.4. The minimum absolute atomic E-state index is 0.0386. The zero-order valence-corrected chi connectivity index (χ0v) is 41.4. The van der Waals surface area contributed by atoms with Crippen molar-refractivity contribution in [1.29, 1.82) is 0 Å². The average molecular weight is 993 g/mol. The zero-order valence-electron chi connectivity index (χ0n) is 41.4. The van der Waals surface area contributed by atoms with Gasteiger partial charge in [-0.3, -0.25) is 24.6 Å². The molecule has 1 aliphatic carbocycles. The van der Waals surface area contributed by atoms with Crippen molar-refractivity contribution in [3.8, 4) is 22.8 Å². The van der Waals surface area contributed by atoms with Gasteiger partial charge in [-0.1, -0.05) is 19.0 Å². The van der Waals surface area contributed by atoms with Crippen LogP contribution in [0.3, 0.4) is 0 Å². The number of likely N-dealkylation sites (tertiary alicyclic amines) is 2. The van der Waals surface area contributed by atoms with Gasteiger partial charge in [-0.2, -0.15) is 5.10 Å². The number of benzene rings is 1. The van der Waals surface area contributed by atoms with Crippen molar-refractivity contribution < 1.29 is 37.2 Å². The number of nitrogen functional groups attached to an aromatic ring is 1. The van der Waals surface area contributed by atoms with Crippen molar-refractivity contribution in [2.75, 3.05) is 81.5 Å². The van der Waals surface area contributed by atoms with Crippen LogP contribution in [0.15, 0.2) is 35.4 Å². The third-order valence-electron chi connectivity index (χ3n) is 14.9. The number of nitrogens with two attached hydrogens (primary N) is 1. The molecule has 1 aromatic carbocycles. The number of fused-ring (bicyclic) bond motifs is 1. The molecule has 0 spiro atoms. The SMILES string of the molecule is CC1(C)CN(C(=O)OCC(=O)N2CCC(CN3CCN(c4c(F)cc(N[C@@H]5CCC(=O)NC5=O)cc4F)CC3)CC2)CC[C@H]1c1cnc(-c2c(-c3nn(C(C)(C)C)c4ncnc(N)c34)noc2C2CC2)nc1. The third-order valence-corrected chi connectivity index (χ3v) is 14.9. The summed E-state index contributed by atoms with van der Waals surface area (Å²) in [5.74, 6) is -0.479. The Hall–Kier alpha value is -6.84. The summed E-state index contributed by atoms with van der Waals surface area (Å²) in [6.07, 6.45) is 9.19. The molecule has 0 bridgehead atoms. The molecule has 4 saturated heterocycles. The molecule has 5 aromatic rings. The molecule has 8 heterocycles. The Balaban J connectivity index is 0.688. The van der Waals surface area contributed by atoms with Gasteiger partial charge in [0.2, 0.25) is 11.8 Å². The molecule has 22 heteroatoms. The van der Waals surface area contributed by atoms with E-state index in [1.54, 1.807) is 14.7 Å². The van der Waals surface area contributed by atoms with Gasteiger partial charge in [-0.15, -0.1) is 0 Å². The minimum atomic E-state index is -0.747. The highest BCUT2D eigenvalue weighted by Gasteiger charge is 2.41. The molecule has 20 nitrogen and oxygen atoms in total. The Morgan fingerprint density at radius 3 is 2.25 bits per heavy atom. The van der Waals surface area contributed by atoms with Gasteiger partial charge in [0.1, 0.15) is 35.3 Å². The lowest BCUT2D eigenvalue weighted by Crippen LogP contribution is -2.50. The molecule has 4 aliphatic heterocycles. The Bertz CT molecular complexity index is 2860. The molecular weight excluding hydrogens is 931 g/mol. The smallest absolute Gasteiger partial charge is 0.410 e. The van der Waals surface area contributed by atoms with E-state index >= 15 is 8.78 Å². The van der Waals surface area contributed by atoms with Gasteiger partial charge >= 0.3 is 6.09 Å². The van der Waals surface area contributed by atoms with Crippen LogP contribution in [0.2, 0.25) is 0 Å². The highest BCUT2D eigenvalue weighted by atomic mass is 19.1. The summed E-state index contributed by atoms with van der Waals surface area (Å²) in [4.78, 5) is 76.3. The van der Waals surface area contributed by atoms with Crippen LogP contribution >= 0.6 is 0 Å². The number of carbonyl (C=O) groups excluding carboxylic acids is 4. The monoisotopic (exact) mass is 992 g/mol. The number of hydrogen-bond acceptors (Lipinski definition) is 16. The van der Waals surface area contributed by atoms with Gasteiger partial charge in [0, 0.05) is 89.3 Å². The molecule has 5 aliphatic rings. The molecule has 4 amide bonds. The Morgan fingerprint density at radius 1 is 0.903 bits per heavy atom. The normalized spacial score (nSPS) is 21.3. The number of piperazine rings is 1. The first kappa shape index (κ1) is 48.8. The molecule has 0 unspecified atom stereocenters. The Kier molecular flexibility index (Phi) is 13.1. The van der Waals surface area contributed by atoms with Crippen molar-refractivity contribution in [3.63, 3.8) is 0 Å². The number of halogens is 2. The number of hydrogen-bond donors (Lipinski definition) is 3. The van der Waals surface area contributed by atoms with E-state index < -0.39 is 35.2 Å². The minimum Gasteiger partial charge on any atom is -0.439 e. The fraction of sp³-hybridized carbons (Fsp3) is 0.560. The number of nitrogens with one attached hydrogen (secondary N) is 2. The van der Waals surface area contributed by atoms with E-state index in [-0.39, 0.29) is 65.7 Å². The summed E-state index contributed by atoms with van der Waals surface area (Å²) in [5.41, 5.74) is 8.92. The van der Waals surface area contributed by atoms with Crippen molar-refractivity contribution in [2.24, 2.45) is 11.3 Å². The highest BCUT2D eigenvalue weighted by Crippen LogP contribution is 2.49. The molecule has 4 N–H and O–H groups in total. The first-order valence-electron chi connectivity index (χ1n) is 25.0. The fourth-order valence-corrected chi connectivity index (χ4v) is 10.9. The average Bonchev–Trinajstić information content (AvgIpc) is 3.96. The van der Waals surface area contributed by atoms with E-state index in [4.69, 9.17) is 30.1 Å². The lowest BCUT2D eigenvalue weighted by Gasteiger charge is -2.43. The maximum Gasteiger partial charge on any atom is 0.410 e. The Morgan fingerprint density at radius 2 is 1.60 bits per heavy atom. The van der Waals surface area contributed by atoms with E-state index in [0.717, 1.165) is 43.6 Å². The lowest BCUT2D eigenvalue weighted by molar-refractivity contribution is -0.136. The fourth-order valence-electron chi connectivity index (χ4n) is 10.9. The summed E-state index contributed by atoms with van der Waals surface area (Å²) >= 11 is 0. The van der Waals surface area contributed by atoms with Gasteiger partial charge in [-0.05, 0) is 94.2 Å². The maximum absolute atomic E-state index is 15.3. The van der Waals surface area contributed by atoms with Crippen molar-refractivity contribution >= 4 is 52.0 Å². The number of ether oxygens (including phenoxy) is 1. The van der Waals surface area contributed by atoms with Crippen LogP contribution in [-0.4, -0.2) is 145 Å². The summed E-state index contributed by atoms with van der Waals surface area (Å²) in [5, 5.41) is 15.2. The predicted octanol–water partition coefficient (Wildman–Crippen LogP) is 5.66. The van der Waals surface area contributed by atoms with Crippen LogP contribution < -0.4 is 21.3 Å². The van der Waals surface area contributed by atoms with Gasteiger partial charge < -0.3 is 35.0 Å². The van der Waals surface area contributed by atoms with Gasteiger partial charge in [0.25, 0.3) is 5.91 Å². The molecule has 5 fully saturated rings. The number of piperidine rings is 3. The molecule has 10 rings (SSSR count). The second-order valence-electron chi connectivity index (χ2n) is 21.6. The first-order valence-corrected chi connectivity index (χ1v) is 25.0. The summed E-state index contributed by atoms with van der Waals surface area (Å²) in [6, 6.07) is 1.63. The van der Waals surface area contributed by atoms with E-state index in [1.807, 2.05) is 37.8 Å². The molecular formula is C50H62F2N14O6. The molecule has 4 aromatic heterocycles. The summed E-state index contributed by atoms with van der Waals surface area (Å²) in [7, 11) is 0. The standard InChI is InChI=1S/C50H62F2N14O6/c1-49(2,3)66-46-39(44(53)56-27-57-46)40(60-66)41-38(43(72-61-41)29-6-7-29)45-54-22-30(23-55-45)32-12-15-65(26-50(32,4)5)48(70)71-25-37(68)63-13-10-28(11-14-63)24-62-16-18-64(19-17-62)42-33(51)20-31(21-34(42)52)58-35-8-9-36(67)59-47(35)69/h20-23,27-29,32,35,58H,6-19,24-26H2,1-5H3,(H2,53,56,57)(H,59,67,69)/t32-,35+/m0/s1. The second kappa shape index (κ2) is 19.3. The van der Waals surface area contributed by atoms with Crippen LogP contribution in [0.1, 0.15) is 103 Å². The molecule has 72 heavy (non-hydrogen) atoms. The van der Waals surface area contributed by atoms with E-state index in [9.17, 15) is 19.2 Å². The highest BCUT2D eigenvalue weighted by molar-refractivity contribution is 6.02. The van der Waals surface area contributed by atoms with Gasteiger partial charge in [0.05, 0.1) is 16.5 Å². The third kappa shape index (κ3) is 9.88. The van der Waals surface area contributed by atoms with Crippen LogP contribution in [0, 0.1) is 23.0 Å². The van der Waals surface area contributed by atoms with Crippen molar-refractivity contribution in [3.05, 3.63) is 53.8 Å². The summed E-state index contributed by atoms with van der Waals surface area (Å²) in [6.45, 7) is 14.9. The predicted molar refractivity (Wildman–Crippen MR) is 261 cm³/mol. The maximum atomic E-state index is 15.3. The molecule has 0 radical (unpaired) electrons. The van der Waals surface area contributed by atoms with Crippen LogP contribution in [0.4, 0.5) is 30.8 Å². The van der Waals surface area contributed by atoms with Crippen LogP contribution in [-0.2, 0) is 24.7 Å². The molecule has 2 atom stereocenters. The topological polar surface area (TPSA) is 236 Å². The zero-order chi connectivity index (χ0) is 50.6. The Labute approximate surface area is 415 Å². The number of carbonyl (C=O) groups is 4. The number of imide groups is 1. The number of aromatic nitrogens is 7. The van der Waals surface area contributed by atoms with Crippen LogP contribution in [0.25, 0.3) is 33.8 Å². The van der Waals surface area contributed by atoms with Gasteiger partial charge in [-0.25, -0.2) is 38.2 Å². The second-order valence-corrected chi connectivity index (χ2v) is 21.6. The van der Waals surface area contributed by atoms with Crippen molar-refractivity contribution in [1.82, 2.24) is 54.9 Å². The number of nitrogens with zero attached hydrogens (tertiary/aromatic N) is 11. The van der Waals surface area contributed by atoms with Gasteiger partial charge in [0.15, 0.2) is 35.5 Å². The molecule has 382 valence electrons. The van der Waals surface area contributed by atoms with Crippen LogP contribution in [0.5, 0.6) is 0 Å². The number of rotatable bonds is 11. The quantitative estimate of drug-likeness (QED) is 0.135. The summed E-state index contributed by atoms with van der Waals surface area (Å²) < 4.78 is 44.0. The lowest BCUT2D eigenvalue weighted by atomic mass is 9.71.